The number of nitrogens with one attached hydrogen (secondary N) is 1. The van der Waals surface area contributed by atoms with E-state index in [0.717, 1.165) is 77.0 Å². The zero-order valence-corrected chi connectivity index (χ0v) is 28.1. The van der Waals surface area contributed by atoms with Crippen LogP contribution in [0.2, 0.25) is 0 Å². The summed E-state index contributed by atoms with van der Waals surface area (Å²) in [5, 5.41) is 13.4. The van der Waals surface area contributed by atoms with Crippen molar-refractivity contribution in [2.45, 2.75) is 116 Å². The lowest BCUT2D eigenvalue weighted by atomic mass is 10.0. The molecule has 0 aromatic heterocycles. The maximum Gasteiger partial charge on any atom is 0.268 e. The SMILES string of the molecule is CC/C=C\C/C=C\C/C=C\C/C=C\CCCCCCC(=O)NC(COP(=O)([O-])OCC[N+](C)(C)C)C(O)CCCCC. The van der Waals surface area contributed by atoms with E-state index in [-0.39, 0.29) is 19.1 Å². The van der Waals surface area contributed by atoms with E-state index in [1.165, 1.54) is 0 Å². The number of phosphoric acid groups is 1. The molecule has 1 amide bonds. The van der Waals surface area contributed by atoms with Crippen molar-refractivity contribution in [3.63, 3.8) is 0 Å². The molecule has 0 radical (unpaired) electrons. The molecule has 0 fully saturated rings. The Bertz CT molecular complexity index is 835. The number of carbonyl (C=O) groups is 1. The van der Waals surface area contributed by atoms with Crippen molar-refractivity contribution >= 4 is 13.7 Å². The van der Waals surface area contributed by atoms with E-state index in [1.807, 2.05) is 21.1 Å². The molecule has 0 bridgehead atoms. The van der Waals surface area contributed by atoms with Crippen LogP contribution in [-0.2, 0) is 18.4 Å². The molecule has 8 nitrogen and oxygen atoms in total. The van der Waals surface area contributed by atoms with Crippen molar-refractivity contribution < 1.29 is 32.9 Å². The molecule has 0 saturated carbocycles. The minimum absolute atomic E-state index is 0.00262. The van der Waals surface area contributed by atoms with Gasteiger partial charge in [-0.3, -0.25) is 9.36 Å². The smallest absolute Gasteiger partial charge is 0.268 e. The van der Waals surface area contributed by atoms with Crippen LogP contribution in [0.3, 0.4) is 0 Å². The van der Waals surface area contributed by atoms with E-state index < -0.39 is 20.0 Å². The van der Waals surface area contributed by atoms with E-state index in [2.05, 4.69) is 67.8 Å². The summed E-state index contributed by atoms with van der Waals surface area (Å²) in [6, 6.07) is -0.809. The first kappa shape index (κ1) is 40.5. The molecule has 0 saturated heterocycles. The van der Waals surface area contributed by atoms with Crippen LogP contribution in [0.15, 0.2) is 48.6 Å². The second-order valence-corrected chi connectivity index (χ2v) is 13.2. The number of allylic oxidation sites excluding steroid dienone is 8. The fourth-order valence-corrected chi connectivity index (χ4v) is 4.69. The van der Waals surface area contributed by atoms with Gasteiger partial charge in [0.05, 0.1) is 39.9 Å². The monoisotopic (exact) mass is 612 g/mol. The van der Waals surface area contributed by atoms with Gasteiger partial charge in [-0.1, -0.05) is 94.6 Å². The third-order valence-electron chi connectivity index (χ3n) is 6.58. The first-order chi connectivity index (χ1) is 20.0. The van der Waals surface area contributed by atoms with Gasteiger partial charge in [0.1, 0.15) is 13.2 Å². The zero-order chi connectivity index (χ0) is 31.5. The molecule has 9 heteroatoms. The van der Waals surface area contributed by atoms with Gasteiger partial charge in [-0.05, 0) is 51.4 Å². The van der Waals surface area contributed by atoms with Gasteiger partial charge in [-0.15, -0.1) is 0 Å². The predicted molar refractivity (Wildman–Crippen MR) is 173 cm³/mol. The number of phosphoric ester groups is 1. The molecule has 42 heavy (non-hydrogen) atoms. The first-order valence-electron chi connectivity index (χ1n) is 16.0. The van der Waals surface area contributed by atoms with Gasteiger partial charge in [0.2, 0.25) is 5.91 Å². The summed E-state index contributed by atoms with van der Waals surface area (Å²) in [6.07, 6.45) is 29.0. The Morgan fingerprint density at radius 2 is 1.45 bits per heavy atom. The highest BCUT2D eigenvalue weighted by Crippen LogP contribution is 2.38. The van der Waals surface area contributed by atoms with E-state index in [0.29, 0.717) is 23.9 Å². The molecule has 0 aliphatic heterocycles. The average molecular weight is 613 g/mol. The largest absolute Gasteiger partial charge is 0.756 e. The van der Waals surface area contributed by atoms with E-state index >= 15 is 0 Å². The van der Waals surface area contributed by atoms with E-state index in [4.69, 9.17) is 9.05 Å². The van der Waals surface area contributed by atoms with Crippen LogP contribution in [0, 0.1) is 0 Å². The fourth-order valence-electron chi connectivity index (χ4n) is 3.97. The van der Waals surface area contributed by atoms with Gasteiger partial charge in [-0.25, -0.2) is 0 Å². The Morgan fingerprint density at radius 3 is 2.05 bits per heavy atom. The highest BCUT2D eigenvalue weighted by Gasteiger charge is 2.24. The summed E-state index contributed by atoms with van der Waals surface area (Å²) in [5.41, 5.74) is 0. The van der Waals surface area contributed by atoms with Crippen LogP contribution in [0.1, 0.15) is 104 Å². The van der Waals surface area contributed by atoms with Gasteiger partial charge >= 0.3 is 0 Å². The lowest BCUT2D eigenvalue weighted by molar-refractivity contribution is -0.870. The molecular weight excluding hydrogens is 551 g/mol. The number of amides is 1. The molecule has 244 valence electrons. The van der Waals surface area contributed by atoms with Crippen LogP contribution in [0.5, 0.6) is 0 Å². The summed E-state index contributed by atoms with van der Waals surface area (Å²) in [7, 11) is 1.26. The van der Waals surface area contributed by atoms with Gasteiger partial charge < -0.3 is 28.8 Å². The standard InChI is InChI=1S/C33H61N2O6P/c1-6-8-10-11-12-13-14-15-16-17-18-19-20-21-22-23-25-27-33(37)34-31(32(36)26-24-9-7-2)30-41-42(38,39)40-29-28-35(3,4)5/h8,10,12-13,15-16,18-19,31-32,36H,6-7,9,11,14,17,20-30H2,1-5H3,(H-,34,37,38,39)/b10-8-,13-12-,16-15-,19-18-. The number of aliphatic hydroxyl groups excluding tert-OH is 1. The molecule has 2 N–H and O–H groups in total. The number of hydrogen-bond donors (Lipinski definition) is 2. The number of unbranched alkanes of at least 4 members (excludes halogenated alkanes) is 6. The lowest BCUT2D eigenvalue weighted by Crippen LogP contribution is -2.46. The highest BCUT2D eigenvalue weighted by molar-refractivity contribution is 7.45. The molecule has 0 aliphatic rings. The maximum absolute atomic E-state index is 12.6. The molecular formula is C33H61N2O6P. The Balaban J connectivity index is 4.30. The van der Waals surface area contributed by atoms with Crippen molar-refractivity contribution in [1.29, 1.82) is 0 Å². The summed E-state index contributed by atoms with van der Waals surface area (Å²) < 4.78 is 22.8. The molecule has 0 aromatic rings. The van der Waals surface area contributed by atoms with Crippen molar-refractivity contribution in [3.05, 3.63) is 48.6 Å². The molecule has 3 atom stereocenters. The van der Waals surface area contributed by atoms with Crippen LogP contribution in [0.25, 0.3) is 0 Å². The number of carbonyl (C=O) groups excluding carboxylic acids is 1. The zero-order valence-electron chi connectivity index (χ0n) is 27.2. The summed E-state index contributed by atoms with van der Waals surface area (Å²) in [4.78, 5) is 24.8. The van der Waals surface area contributed by atoms with Crippen molar-refractivity contribution in [1.82, 2.24) is 5.32 Å². The minimum Gasteiger partial charge on any atom is -0.756 e. The highest BCUT2D eigenvalue weighted by atomic mass is 31.2. The van der Waals surface area contributed by atoms with Crippen LogP contribution in [0.4, 0.5) is 0 Å². The average Bonchev–Trinajstić information content (AvgIpc) is 2.92. The van der Waals surface area contributed by atoms with Gasteiger partial charge in [-0.2, -0.15) is 0 Å². The lowest BCUT2D eigenvalue weighted by Gasteiger charge is -2.30. The third kappa shape index (κ3) is 27.3. The fraction of sp³-hybridized carbons (Fsp3) is 0.727. The molecule has 0 aliphatic carbocycles. The summed E-state index contributed by atoms with van der Waals surface area (Å²) in [6.45, 7) is 4.36. The summed E-state index contributed by atoms with van der Waals surface area (Å²) in [5.74, 6) is -0.205. The number of rotatable bonds is 27. The molecule has 0 spiro atoms. The number of likely N-dealkylation sites (N-methyl/N-ethyl adjacent to an activating group) is 1. The molecule has 0 aromatic carbocycles. The minimum atomic E-state index is -4.54. The Hall–Kier alpha value is -1.54. The van der Waals surface area contributed by atoms with Crippen LogP contribution >= 0.6 is 7.82 Å². The van der Waals surface area contributed by atoms with Crippen LogP contribution < -0.4 is 10.2 Å². The van der Waals surface area contributed by atoms with Gasteiger partial charge in [0.25, 0.3) is 7.82 Å². The molecule has 0 heterocycles. The maximum atomic E-state index is 12.6. The second kappa shape index (κ2) is 25.9. The van der Waals surface area contributed by atoms with Crippen LogP contribution in [-0.4, -0.2) is 68.5 Å². The predicted octanol–water partition coefficient (Wildman–Crippen LogP) is 6.77. The number of quaternary nitrogens is 1. The summed E-state index contributed by atoms with van der Waals surface area (Å²) >= 11 is 0. The van der Waals surface area contributed by atoms with Crippen molar-refractivity contribution in [3.8, 4) is 0 Å². The molecule has 3 unspecified atom stereocenters. The number of aliphatic hydroxyl groups is 1. The normalized spacial score (nSPS) is 15.7. The Morgan fingerprint density at radius 1 is 0.857 bits per heavy atom. The van der Waals surface area contributed by atoms with Gasteiger partial charge in [0, 0.05) is 6.42 Å². The van der Waals surface area contributed by atoms with E-state index in [9.17, 15) is 19.4 Å². The second-order valence-electron chi connectivity index (χ2n) is 11.8. The number of hydrogen-bond acceptors (Lipinski definition) is 6. The topological polar surface area (TPSA) is 108 Å². The molecule has 0 rings (SSSR count). The number of nitrogens with zero attached hydrogens (tertiary/aromatic N) is 1. The quantitative estimate of drug-likeness (QED) is 0.0459. The van der Waals surface area contributed by atoms with Crippen molar-refractivity contribution in [2.75, 3.05) is 40.9 Å². The Labute approximate surface area is 257 Å². The van der Waals surface area contributed by atoms with Crippen molar-refractivity contribution in [2.24, 2.45) is 0 Å². The van der Waals surface area contributed by atoms with Gasteiger partial charge in [0.15, 0.2) is 0 Å². The third-order valence-corrected chi connectivity index (χ3v) is 7.55. The Kier molecular flexibility index (Phi) is 25.0. The first-order valence-corrected chi connectivity index (χ1v) is 17.4. The van der Waals surface area contributed by atoms with E-state index in [1.54, 1.807) is 0 Å².